The number of benzene rings is 2. The number of methoxy groups -OCH3 is 1. The van der Waals surface area contributed by atoms with E-state index in [-0.39, 0.29) is 11.1 Å². The Kier molecular flexibility index (Phi) is 3.56. The van der Waals surface area contributed by atoms with E-state index in [4.69, 9.17) is 9.15 Å². The van der Waals surface area contributed by atoms with Gasteiger partial charge in [-0.05, 0) is 35.7 Å². The molecule has 6 rings (SSSR count). The van der Waals surface area contributed by atoms with Crippen LogP contribution in [-0.2, 0) is 7.05 Å². The van der Waals surface area contributed by atoms with Gasteiger partial charge in [-0.25, -0.2) is 4.98 Å². The molecule has 0 aliphatic heterocycles. The lowest BCUT2D eigenvalue weighted by Crippen LogP contribution is -2.19. The largest absolute Gasteiger partial charge is 0.502 e. The molecule has 0 aliphatic rings. The Hall–Kier alpha value is -4.53. The summed E-state index contributed by atoms with van der Waals surface area (Å²) in [4.78, 5) is 30.0. The minimum absolute atomic E-state index is 0.0419. The van der Waals surface area contributed by atoms with Crippen molar-refractivity contribution in [1.29, 1.82) is 0 Å². The number of pyridine rings is 2. The minimum atomic E-state index is -0.549. The van der Waals surface area contributed by atoms with Crippen molar-refractivity contribution in [3.8, 4) is 22.6 Å². The number of hydrogen-bond acceptors (Lipinski definition) is 6. The van der Waals surface area contributed by atoms with Crippen LogP contribution >= 0.6 is 0 Å². The highest BCUT2D eigenvalue weighted by atomic mass is 16.5. The smallest absolute Gasteiger partial charge is 0.258 e. The van der Waals surface area contributed by atoms with Crippen LogP contribution < -0.4 is 15.7 Å². The quantitative estimate of drug-likeness (QED) is 0.388. The highest BCUT2D eigenvalue weighted by Crippen LogP contribution is 2.40. The predicted octanol–water partition coefficient (Wildman–Crippen LogP) is 3.38. The molecule has 9 heteroatoms. The van der Waals surface area contributed by atoms with Gasteiger partial charge in [0.1, 0.15) is 11.3 Å². The molecule has 2 aromatic carbocycles. The molecule has 0 bridgehead atoms. The third-order valence-corrected chi connectivity index (χ3v) is 5.85. The number of ether oxygens (including phenoxy) is 1. The van der Waals surface area contributed by atoms with Gasteiger partial charge >= 0.3 is 0 Å². The van der Waals surface area contributed by atoms with Gasteiger partial charge in [0.25, 0.3) is 5.56 Å². The molecule has 9 nitrogen and oxygen atoms in total. The summed E-state index contributed by atoms with van der Waals surface area (Å²) in [5.74, 6) is 0.163. The number of aromatic nitrogens is 4. The highest BCUT2D eigenvalue weighted by molar-refractivity contribution is 6.15. The van der Waals surface area contributed by atoms with Crippen LogP contribution in [0, 0.1) is 0 Å². The lowest BCUT2D eigenvalue weighted by Gasteiger charge is -2.11. The first-order chi connectivity index (χ1) is 15.5. The van der Waals surface area contributed by atoms with E-state index in [1.54, 1.807) is 43.1 Å². The van der Waals surface area contributed by atoms with Gasteiger partial charge in [-0.1, -0.05) is 0 Å². The molecule has 0 saturated carbocycles. The number of phenols is 1. The zero-order chi connectivity index (χ0) is 22.1. The Labute approximate surface area is 178 Å². The van der Waals surface area contributed by atoms with E-state index >= 15 is 0 Å². The molecule has 0 radical (unpaired) electrons. The van der Waals surface area contributed by atoms with E-state index in [9.17, 15) is 14.7 Å². The summed E-state index contributed by atoms with van der Waals surface area (Å²) >= 11 is 0. The van der Waals surface area contributed by atoms with Gasteiger partial charge in [0, 0.05) is 30.3 Å². The standard InChI is InChI=1S/C23H16N4O5/c1-27-15-8-11(31-2)4-3-10(15)7-13(23(27)30)17-14-9-24-26-22(14)25-18-12-5-6-16(28)19(29)20(12)32-21(17)18/h3-9,29H,1-2H3,(H2,24,25,26). The van der Waals surface area contributed by atoms with Crippen molar-refractivity contribution in [1.82, 2.24) is 19.7 Å². The molecule has 158 valence electrons. The molecule has 0 amide bonds. The van der Waals surface area contributed by atoms with Crippen molar-refractivity contribution in [2.75, 3.05) is 7.11 Å². The number of aromatic hydroxyl groups is 1. The van der Waals surface area contributed by atoms with Crippen LogP contribution in [0.2, 0.25) is 0 Å². The molecule has 0 aliphatic carbocycles. The van der Waals surface area contributed by atoms with Crippen molar-refractivity contribution in [3.05, 3.63) is 63.2 Å². The molecule has 0 saturated heterocycles. The number of nitrogens with zero attached hydrogens (tertiary/aromatic N) is 2. The molecule has 4 aromatic heterocycles. The summed E-state index contributed by atoms with van der Waals surface area (Å²) in [7, 11) is 3.27. The minimum Gasteiger partial charge on any atom is -0.502 e. The van der Waals surface area contributed by atoms with Crippen LogP contribution in [0.15, 0.2) is 56.6 Å². The van der Waals surface area contributed by atoms with Crippen molar-refractivity contribution >= 4 is 44.0 Å². The maximum atomic E-state index is 13.5. The van der Waals surface area contributed by atoms with Gasteiger partial charge in [0.05, 0.1) is 23.6 Å². The number of H-pyrrole nitrogens is 2. The van der Waals surface area contributed by atoms with Gasteiger partial charge in [-0.15, -0.1) is 0 Å². The Morgan fingerprint density at radius 3 is 2.75 bits per heavy atom. The molecule has 3 N–H and O–H groups in total. The fraction of sp³-hybridized carbons (Fsp3) is 0.0870. The van der Waals surface area contributed by atoms with Crippen LogP contribution in [-0.4, -0.2) is 32.0 Å². The van der Waals surface area contributed by atoms with Crippen LogP contribution in [0.4, 0.5) is 0 Å². The summed E-state index contributed by atoms with van der Waals surface area (Å²) in [5.41, 5.74) is 2.15. The lowest BCUT2D eigenvalue weighted by molar-refractivity contribution is 0.415. The van der Waals surface area contributed by atoms with Crippen LogP contribution in [0.5, 0.6) is 11.5 Å². The van der Waals surface area contributed by atoms with E-state index < -0.39 is 11.2 Å². The summed E-state index contributed by atoms with van der Waals surface area (Å²) in [6.45, 7) is 0. The number of aromatic amines is 2. The van der Waals surface area contributed by atoms with Gasteiger partial charge in [0.15, 0.2) is 16.8 Å². The number of aryl methyl sites for hydroxylation is 1. The second-order valence-electron chi connectivity index (χ2n) is 7.58. The molecule has 0 spiro atoms. The second kappa shape index (κ2) is 6.24. The highest BCUT2D eigenvalue weighted by Gasteiger charge is 2.23. The Balaban J connectivity index is 1.81. The molecule has 0 unspecified atom stereocenters. The molecule has 4 heterocycles. The van der Waals surface area contributed by atoms with E-state index in [0.717, 1.165) is 10.9 Å². The fourth-order valence-corrected chi connectivity index (χ4v) is 4.24. The van der Waals surface area contributed by atoms with Gasteiger partial charge in [-0.3, -0.25) is 14.7 Å². The molecule has 0 fully saturated rings. The summed E-state index contributed by atoms with van der Waals surface area (Å²) < 4.78 is 12.8. The SMILES string of the molecule is COc1ccc2cc(-c3c4c[nH][nH]c4nc4c3oc3c(O)c(=O)ccc34)c(=O)n(C)c2c1. The average Bonchev–Trinajstić information content (AvgIpc) is 3.42. The van der Waals surface area contributed by atoms with Gasteiger partial charge in [-0.2, -0.15) is 0 Å². The first kappa shape index (κ1) is 18.3. The third-order valence-electron chi connectivity index (χ3n) is 5.85. The van der Waals surface area contributed by atoms with Gasteiger partial charge in [0.2, 0.25) is 11.2 Å². The second-order valence-corrected chi connectivity index (χ2v) is 7.58. The Bertz CT molecular complexity index is 1840. The van der Waals surface area contributed by atoms with E-state index in [1.165, 1.54) is 6.07 Å². The van der Waals surface area contributed by atoms with Crippen molar-refractivity contribution < 1.29 is 14.3 Å². The molecule has 6 aromatic rings. The maximum Gasteiger partial charge on any atom is 0.258 e. The van der Waals surface area contributed by atoms with E-state index in [1.807, 2.05) is 12.1 Å². The first-order valence-corrected chi connectivity index (χ1v) is 9.80. The van der Waals surface area contributed by atoms with E-state index in [2.05, 4.69) is 15.2 Å². The number of rotatable bonds is 2. The zero-order valence-electron chi connectivity index (χ0n) is 17.0. The lowest BCUT2D eigenvalue weighted by atomic mass is 10.0. The topological polar surface area (TPSA) is 126 Å². The maximum absolute atomic E-state index is 13.5. The monoisotopic (exact) mass is 428 g/mol. The first-order valence-electron chi connectivity index (χ1n) is 9.80. The van der Waals surface area contributed by atoms with Crippen LogP contribution in [0.3, 0.4) is 0 Å². The predicted molar refractivity (Wildman–Crippen MR) is 120 cm³/mol. The summed E-state index contributed by atoms with van der Waals surface area (Å²) in [6.07, 6.45) is 1.70. The molecular weight excluding hydrogens is 412 g/mol. The Morgan fingerprint density at radius 1 is 1.09 bits per heavy atom. The summed E-state index contributed by atoms with van der Waals surface area (Å²) in [6, 6.07) is 10.1. The normalized spacial score (nSPS) is 11.8. The molecule has 0 atom stereocenters. The average molecular weight is 428 g/mol. The van der Waals surface area contributed by atoms with Crippen molar-refractivity contribution in [3.63, 3.8) is 0 Å². The van der Waals surface area contributed by atoms with Crippen LogP contribution in [0.1, 0.15) is 0 Å². The summed E-state index contributed by atoms with van der Waals surface area (Å²) in [5, 5.41) is 18.1. The number of nitrogens with one attached hydrogen (secondary N) is 2. The fourth-order valence-electron chi connectivity index (χ4n) is 4.24. The number of phenolic OH excluding ortho intramolecular Hbond substituents is 1. The van der Waals surface area contributed by atoms with Crippen LogP contribution in [0.25, 0.3) is 55.1 Å². The number of fused-ring (bicyclic) bond motifs is 5. The number of furan rings is 1. The zero-order valence-corrected chi connectivity index (χ0v) is 17.0. The van der Waals surface area contributed by atoms with Crippen molar-refractivity contribution in [2.45, 2.75) is 0 Å². The molecular formula is C23H16N4O5. The third kappa shape index (κ3) is 2.30. The van der Waals surface area contributed by atoms with Gasteiger partial charge < -0.3 is 23.9 Å². The molecule has 32 heavy (non-hydrogen) atoms. The number of hydrogen-bond donors (Lipinski definition) is 3. The van der Waals surface area contributed by atoms with Crippen molar-refractivity contribution in [2.24, 2.45) is 7.05 Å². The Morgan fingerprint density at radius 2 is 1.94 bits per heavy atom. The van der Waals surface area contributed by atoms with E-state index in [0.29, 0.717) is 44.4 Å².